The summed E-state index contributed by atoms with van der Waals surface area (Å²) in [6.07, 6.45) is 2.63. The number of hydroxylamine groups is 2. The summed E-state index contributed by atoms with van der Waals surface area (Å²) in [5.41, 5.74) is 2.93. The van der Waals surface area contributed by atoms with Crippen molar-refractivity contribution in [2.75, 3.05) is 13.7 Å². The molecule has 1 spiro atoms. The maximum atomic E-state index is 13.0. The van der Waals surface area contributed by atoms with Crippen LogP contribution < -0.4 is 0 Å². The summed E-state index contributed by atoms with van der Waals surface area (Å²) in [6.45, 7) is 1.79. The van der Waals surface area contributed by atoms with Crippen molar-refractivity contribution in [3.63, 3.8) is 0 Å². The van der Waals surface area contributed by atoms with Crippen molar-refractivity contribution in [3.05, 3.63) is 41.5 Å². The van der Waals surface area contributed by atoms with Crippen molar-refractivity contribution in [1.29, 1.82) is 0 Å². The second kappa shape index (κ2) is 5.25. The van der Waals surface area contributed by atoms with Crippen LogP contribution in [-0.4, -0.2) is 52.9 Å². The molecule has 3 aliphatic heterocycles. The number of aliphatic hydroxyl groups excluding tert-OH is 1. The van der Waals surface area contributed by atoms with Gasteiger partial charge in [0.1, 0.15) is 0 Å². The van der Waals surface area contributed by atoms with Gasteiger partial charge in [0.2, 0.25) is 0 Å². The highest BCUT2D eigenvalue weighted by molar-refractivity contribution is 6.10. The highest BCUT2D eigenvalue weighted by Crippen LogP contribution is 2.66. The lowest BCUT2D eigenvalue weighted by molar-refractivity contribution is -0.214. The topological polar surface area (TPSA) is 82.4 Å². The fourth-order valence-electron chi connectivity index (χ4n) is 6.28. The molecule has 26 heavy (non-hydrogen) atoms. The lowest BCUT2D eigenvalue weighted by atomic mass is 9.42. The number of methoxy groups -OCH3 is 1. The molecule has 5 aliphatic rings. The second-order valence-corrected chi connectivity index (χ2v) is 7.64. The number of allylic oxidation sites excluding steroid dienone is 1. The van der Waals surface area contributed by atoms with E-state index in [0.717, 1.165) is 22.5 Å². The Hall–Kier alpha value is -2.02. The molecule has 2 N–H and O–H groups in total. The third-order valence-electron chi connectivity index (χ3n) is 7.03. The van der Waals surface area contributed by atoms with Gasteiger partial charge in [0.05, 0.1) is 41.9 Å². The van der Waals surface area contributed by atoms with E-state index in [1.54, 1.807) is 0 Å². The monoisotopic (exact) mass is 354 g/mol. The van der Waals surface area contributed by atoms with Crippen molar-refractivity contribution in [2.24, 2.45) is 22.7 Å². The smallest absolute Gasteiger partial charge is 0.310 e. The highest BCUT2D eigenvalue weighted by atomic mass is 16.5. The number of carbonyl (C=O) groups excluding carboxylic acids is 1. The summed E-state index contributed by atoms with van der Waals surface area (Å²) < 4.78 is 5.23. The summed E-state index contributed by atoms with van der Waals surface area (Å²) in [7, 11) is 1.42. The van der Waals surface area contributed by atoms with E-state index < -0.39 is 11.3 Å². The summed E-state index contributed by atoms with van der Waals surface area (Å²) in [5, 5.41) is 22.7. The molecule has 0 amide bonds. The zero-order valence-electron chi connectivity index (χ0n) is 14.8. The van der Waals surface area contributed by atoms with E-state index in [4.69, 9.17) is 9.73 Å². The van der Waals surface area contributed by atoms with Gasteiger partial charge in [-0.2, -0.15) is 5.06 Å². The Morgan fingerprint density at radius 2 is 2.23 bits per heavy atom. The van der Waals surface area contributed by atoms with Crippen molar-refractivity contribution >= 4 is 17.4 Å². The van der Waals surface area contributed by atoms with Crippen LogP contribution in [0.2, 0.25) is 0 Å². The van der Waals surface area contributed by atoms with Crippen LogP contribution in [0, 0.1) is 17.8 Å². The van der Waals surface area contributed by atoms with E-state index in [9.17, 15) is 15.1 Å². The fraction of sp³-hybridized carbons (Fsp3) is 0.500. The third kappa shape index (κ3) is 1.55. The molecule has 4 fully saturated rings. The predicted octanol–water partition coefficient (Wildman–Crippen LogP) is 1.83. The SMILES string of the molecule is C/C=C1\[C@@H]2C[C@H]3C4=Nc5ccccc5[C@]4([C@@H]2C(=O)OC)[C@@H](CO)[C@H]1N3O. The number of aliphatic imine (C=N–C) groups is 1. The highest BCUT2D eigenvalue weighted by Gasteiger charge is 2.73. The van der Waals surface area contributed by atoms with Crippen molar-refractivity contribution in [2.45, 2.75) is 30.8 Å². The van der Waals surface area contributed by atoms with E-state index in [0.29, 0.717) is 6.42 Å². The molecule has 2 saturated heterocycles. The van der Waals surface area contributed by atoms with E-state index in [1.165, 1.54) is 12.2 Å². The van der Waals surface area contributed by atoms with E-state index >= 15 is 0 Å². The van der Waals surface area contributed by atoms with Crippen LogP contribution in [-0.2, 0) is 14.9 Å². The number of aliphatic hydroxyl groups is 1. The Kier molecular flexibility index (Phi) is 3.27. The minimum atomic E-state index is -0.706. The molecular weight excluding hydrogens is 332 g/mol. The Balaban J connectivity index is 1.85. The van der Waals surface area contributed by atoms with Crippen LogP contribution in [0.3, 0.4) is 0 Å². The standard InChI is InChI=1S/C20H22N2O4/c1-3-10-11-8-15-18-20(16(11)19(24)26-2,13(9-23)17(10)22(15)25)12-6-4-5-7-14(12)21-18/h3-7,11,13,15-17,23,25H,8-9H2,1-2H3/b10-3+/t11-,13-,15-,16-,17-,20+/m0/s1. The molecule has 6 nitrogen and oxygen atoms in total. The summed E-state index contributed by atoms with van der Waals surface area (Å²) in [5.74, 6) is -1.06. The van der Waals surface area contributed by atoms with Gasteiger partial charge in [0.15, 0.2) is 0 Å². The quantitative estimate of drug-likeness (QED) is 0.625. The minimum absolute atomic E-state index is 0.0150. The van der Waals surface area contributed by atoms with Gasteiger partial charge in [-0.25, -0.2) is 0 Å². The molecule has 6 atom stereocenters. The first-order valence-electron chi connectivity index (χ1n) is 9.11. The van der Waals surface area contributed by atoms with Crippen LogP contribution in [0.15, 0.2) is 40.9 Å². The van der Waals surface area contributed by atoms with Gasteiger partial charge in [-0.05, 0) is 30.9 Å². The molecule has 2 saturated carbocycles. The normalized spacial score (nSPS) is 41.2. The van der Waals surface area contributed by atoms with E-state index in [-0.39, 0.29) is 36.5 Å². The van der Waals surface area contributed by atoms with Crippen LogP contribution in [0.5, 0.6) is 0 Å². The Bertz CT molecular complexity index is 863. The number of hydrogen-bond donors (Lipinski definition) is 2. The summed E-state index contributed by atoms with van der Waals surface area (Å²) in [4.78, 5) is 17.8. The van der Waals surface area contributed by atoms with Gasteiger partial charge in [0.25, 0.3) is 0 Å². The lowest BCUT2D eigenvalue weighted by Gasteiger charge is -2.66. The number of rotatable bonds is 2. The van der Waals surface area contributed by atoms with E-state index in [2.05, 4.69) is 0 Å². The molecule has 6 rings (SSSR count). The maximum Gasteiger partial charge on any atom is 0.310 e. The van der Waals surface area contributed by atoms with E-state index in [1.807, 2.05) is 37.3 Å². The molecule has 0 unspecified atom stereocenters. The van der Waals surface area contributed by atoms with Gasteiger partial charge in [0, 0.05) is 12.5 Å². The molecule has 0 radical (unpaired) electrons. The number of fused-ring (bicyclic) bond motifs is 1. The average Bonchev–Trinajstić information content (AvgIpc) is 3.00. The van der Waals surface area contributed by atoms with Gasteiger partial charge in [-0.15, -0.1) is 0 Å². The number of ether oxygens (including phenoxy) is 1. The molecule has 136 valence electrons. The van der Waals surface area contributed by atoms with Crippen LogP contribution in [0.25, 0.3) is 0 Å². The van der Waals surface area contributed by atoms with Crippen molar-refractivity contribution in [3.8, 4) is 0 Å². The number of nitrogens with zero attached hydrogens (tertiary/aromatic N) is 2. The largest absolute Gasteiger partial charge is 0.469 e. The third-order valence-corrected chi connectivity index (χ3v) is 7.03. The zero-order chi connectivity index (χ0) is 18.2. The molecule has 4 bridgehead atoms. The minimum Gasteiger partial charge on any atom is -0.469 e. The van der Waals surface area contributed by atoms with Gasteiger partial charge >= 0.3 is 5.97 Å². The van der Waals surface area contributed by atoms with Gasteiger partial charge in [-0.1, -0.05) is 29.8 Å². The second-order valence-electron chi connectivity index (χ2n) is 7.64. The molecule has 0 aromatic heterocycles. The zero-order valence-corrected chi connectivity index (χ0v) is 14.8. The molecule has 2 aliphatic carbocycles. The maximum absolute atomic E-state index is 13.0. The molecule has 1 aromatic carbocycles. The first-order chi connectivity index (χ1) is 12.6. The van der Waals surface area contributed by atoms with Crippen LogP contribution in [0.1, 0.15) is 18.9 Å². The average molecular weight is 354 g/mol. The van der Waals surface area contributed by atoms with Gasteiger partial charge < -0.3 is 15.1 Å². The Morgan fingerprint density at radius 3 is 2.92 bits per heavy atom. The lowest BCUT2D eigenvalue weighted by Crippen LogP contribution is -2.77. The molecule has 3 heterocycles. The number of para-hydroxylation sites is 1. The number of piperidine rings is 2. The molecule has 1 aromatic rings. The van der Waals surface area contributed by atoms with Gasteiger partial charge in [-0.3, -0.25) is 9.79 Å². The number of carbonyl (C=O) groups is 1. The number of hydrogen-bond acceptors (Lipinski definition) is 6. The number of benzene rings is 1. The van der Waals surface area contributed by atoms with Crippen LogP contribution >= 0.6 is 0 Å². The first-order valence-corrected chi connectivity index (χ1v) is 9.11. The molecular formula is C20H22N2O4. The Morgan fingerprint density at radius 1 is 1.46 bits per heavy atom. The van der Waals surface area contributed by atoms with Crippen molar-refractivity contribution in [1.82, 2.24) is 5.06 Å². The van der Waals surface area contributed by atoms with Crippen molar-refractivity contribution < 1.29 is 19.8 Å². The van der Waals surface area contributed by atoms with Crippen LogP contribution in [0.4, 0.5) is 5.69 Å². The molecule has 6 heteroatoms. The predicted molar refractivity (Wildman–Crippen MR) is 94.4 cm³/mol. The number of esters is 1. The first kappa shape index (κ1) is 16.2. The summed E-state index contributed by atoms with van der Waals surface area (Å²) in [6, 6.07) is 7.29. The fourth-order valence-corrected chi connectivity index (χ4v) is 6.28. The summed E-state index contributed by atoms with van der Waals surface area (Å²) >= 11 is 0. The Labute approximate surface area is 151 Å².